The fourth-order valence-electron chi connectivity index (χ4n) is 0.796. The van der Waals surface area contributed by atoms with Crippen molar-refractivity contribution in [1.82, 2.24) is 0 Å². The van der Waals surface area contributed by atoms with E-state index < -0.39 is 15.3 Å². The zero-order chi connectivity index (χ0) is 10.1. The van der Waals surface area contributed by atoms with Crippen molar-refractivity contribution >= 4 is 21.6 Å². The van der Waals surface area contributed by atoms with Gasteiger partial charge in [-0.15, -0.1) is 0 Å². The van der Waals surface area contributed by atoms with Crippen LogP contribution < -0.4 is 0 Å². The molecule has 0 unspecified atom stereocenters. The van der Waals surface area contributed by atoms with Gasteiger partial charge < -0.3 is 0 Å². The molecule has 0 bridgehead atoms. The van der Waals surface area contributed by atoms with Crippen molar-refractivity contribution in [3.63, 3.8) is 0 Å². The number of non-ortho nitro benzene ring substituents is 1. The summed E-state index contributed by atoms with van der Waals surface area (Å²) >= 11 is 2.11. The van der Waals surface area contributed by atoms with E-state index in [9.17, 15) is 18.9 Å². The molecular formula is C7H4BrF2NO2. The highest BCUT2D eigenvalue weighted by molar-refractivity contribution is 9.09. The first-order valence-electron chi connectivity index (χ1n) is 3.23. The monoisotopic (exact) mass is 251 g/mol. The number of alkyl halides is 3. The molecule has 1 aromatic rings. The van der Waals surface area contributed by atoms with E-state index in [1.165, 1.54) is 6.07 Å². The summed E-state index contributed by atoms with van der Waals surface area (Å²) in [4.78, 5) is 6.28. The summed E-state index contributed by atoms with van der Waals surface area (Å²) in [6.45, 7) is 0. The molecule has 0 aliphatic heterocycles. The van der Waals surface area contributed by atoms with Gasteiger partial charge in [0.05, 0.1) is 4.92 Å². The molecule has 0 N–H and O–H groups in total. The number of rotatable bonds is 2. The first-order valence-corrected chi connectivity index (χ1v) is 4.02. The minimum absolute atomic E-state index is 0.350. The summed E-state index contributed by atoms with van der Waals surface area (Å²) < 4.78 is 25.2. The zero-order valence-electron chi connectivity index (χ0n) is 6.21. The number of nitro groups is 1. The number of nitro benzene ring substituents is 1. The third-order valence-corrected chi connectivity index (χ3v) is 1.84. The van der Waals surface area contributed by atoms with Gasteiger partial charge in [-0.3, -0.25) is 10.1 Å². The lowest BCUT2D eigenvalue weighted by atomic mass is 10.2. The van der Waals surface area contributed by atoms with Crippen LogP contribution in [-0.2, 0) is 4.83 Å². The number of nitrogens with zero attached hydrogens (tertiary/aromatic N) is 1. The van der Waals surface area contributed by atoms with E-state index in [1.54, 1.807) is 0 Å². The Kier molecular flexibility index (Phi) is 2.60. The second kappa shape index (κ2) is 3.37. The van der Waals surface area contributed by atoms with E-state index in [4.69, 9.17) is 0 Å². The standard InChI is InChI=1S/C7H4BrF2NO2/c8-7(9,10)5-2-1-3-6(4-5)11(12)13/h1-4H. The first kappa shape index (κ1) is 10.0. The summed E-state index contributed by atoms with van der Waals surface area (Å²) in [6, 6.07) is 4.31. The molecule has 0 radical (unpaired) electrons. The quantitative estimate of drug-likeness (QED) is 0.461. The molecule has 0 saturated carbocycles. The largest absolute Gasteiger partial charge is 0.326 e. The van der Waals surface area contributed by atoms with Crippen molar-refractivity contribution in [1.29, 1.82) is 0 Å². The van der Waals surface area contributed by atoms with Crippen molar-refractivity contribution in [3.05, 3.63) is 39.9 Å². The number of benzene rings is 1. The minimum Gasteiger partial charge on any atom is -0.258 e. The smallest absolute Gasteiger partial charge is 0.258 e. The van der Waals surface area contributed by atoms with Crippen molar-refractivity contribution in [3.8, 4) is 0 Å². The van der Waals surface area contributed by atoms with Crippen molar-refractivity contribution in [2.24, 2.45) is 0 Å². The molecule has 0 amide bonds. The summed E-state index contributed by atoms with van der Waals surface area (Å²) in [5, 5.41) is 10.2. The highest BCUT2D eigenvalue weighted by Crippen LogP contribution is 2.35. The lowest BCUT2D eigenvalue weighted by molar-refractivity contribution is -0.385. The third-order valence-electron chi connectivity index (χ3n) is 1.38. The summed E-state index contributed by atoms with van der Waals surface area (Å²) in [6.07, 6.45) is 0. The van der Waals surface area contributed by atoms with E-state index in [-0.39, 0.29) is 5.69 Å². The summed E-state index contributed by atoms with van der Waals surface area (Å²) in [7, 11) is 0. The van der Waals surface area contributed by atoms with Gasteiger partial charge in [-0.2, -0.15) is 8.78 Å². The SMILES string of the molecule is O=[N+]([O-])c1cccc(C(F)(F)Br)c1. The first-order chi connectivity index (χ1) is 5.91. The Hall–Kier alpha value is -1.04. The van der Waals surface area contributed by atoms with Gasteiger partial charge in [-0.05, 0) is 15.9 Å². The number of hydrogen-bond acceptors (Lipinski definition) is 2. The topological polar surface area (TPSA) is 43.1 Å². The van der Waals surface area contributed by atoms with Gasteiger partial charge in [-0.25, -0.2) is 0 Å². The van der Waals surface area contributed by atoms with Crippen LogP contribution in [0.1, 0.15) is 5.56 Å². The van der Waals surface area contributed by atoms with Crippen LogP contribution in [0.15, 0.2) is 24.3 Å². The Labute approximate surface area is 80.6 Å². The zero-order valence-corrected chi connectivity index (χ0v) is 7.79. The molecule has 0 aromatic heterocycles. The van der Waals surface area contributed by atoms with Crippen LogP contribution in [0.3, 0.4) is 0 Å². The predicted molar refractivity (Wildman–Crippen MR) is 45.9 cm³/mol. The number of halogens is 3. The van der Waals surface area contributed by atoms with Crippen LogP contribution in [0.25, 0.3) is 0 Å². The van der Waals surface area contributed by atoms with E-state index in [0.29, 0.717) is 0 Å². The molecule has 0 aliphatic carbocycles. The van der Waals surface area contributed by atoms with E-state index in [1.807, 2.05) is 0 Å². The fraction of sp³-hybridized carbons (Fsp3) is 0.143. The van der Waals surface area contributed by atoms with Crippen LogP contribution in [-0.4, -0.2) is 4.92 Å². The normalized spacial score (nSPS) is 11.3. The molecule has 1 aromatic carbocycles. The molecule has 6 heteroatoms. The second-order valence-electron chi connectivity index (χ2n) is 2.31. The molecular weight excluding hydrogens is 248 g/mol. The molecule has 0 fully saturated rings. The average molecular weight is 252 g/mol. The van der Waals surface area contributed by atoms with Gasteiger partial charge >= 0.3 is 4.83 Å². The Morgan fingerprint density at radius 1 is 1.46 bits per heavy atom. The summed E-state index contributed by atoms with van der Waals surface area (Å²) in [5.74, 6) is 0. The fourth-order valence-corrected chi connectivity index (χ4v) is 1.04. The molecule has 0 aliphatic rings. The van der Waals surface area contributed by atoms with E-state index in [2.05, 4.69) is 15.9 Å². The van der Waals surface area contributed by atoms with Gasteiger partial charge in [0.1, 0.15) is 0 Å². The molecule has 0 spiro atoms. The number of hydrogen-bond donors (Lipinski definition) is 0. The Morgan fingerprint density at radius 3 is 2.54 bits per heavy atom. The van der Waals surface area contributed by atoms with Crippen LogP contribution in [0.5, 0.6) is 0 Å². The maximum atomic E-state index is 12.6. The Balaban J connectivity index is 3.13. The van der Waals surface area contributed by atoms with Crippen molar-refractivity contribution < 1.29 is 13.7 Å². The third kappa shape index (κ3) is 2.45. The van der Waals surface area contributed by atoms with Gasteiger partial charge in [0.25, 0.3) is 5.69 Å². The Morgan fingerprint density at radius 2 is 2.08 bits per heavy atom. The maximum Gasteiger partial charge on any atom is 0.326 e. The lowest BCUT2D eigenvalue weighted by Gasteiger charge is -2.06. The van der Waals surface area contributed by atoms with Gasteiger partial charge in [0.15, 0.2) is 0 Å². The molecule has 0 saturated heterocycles. The van der Waals surface area contributed by atoms with Gasteiger partial charge in [0.2, 0.25) is 0 Å². The molecule has 13 heavy (non-hydrogen) atoms. The van der Waals surface area contributed by atoms with Crippen LogP contribution in [0.4, 0.5) is 14.5 Å². The predicted octanol–water partition coefficient (Wildman–Crippen LogP) is 3.04. The Bertz CT molecular complexity index is 338. The van der Waals surface area contributed by atoms with Crippen LogP contribution >= 0.6 is 15.9 Å². The molecule has 0 atom stereocenters. The maximum absolute atomic E-state index is 12.6. The van der Waals surface area contributed by atoms with E-state index >= 15 is 0 Å². The second-order valence-corrected chi connectivity index (χ2v) is 3.30. The van der Waals surface area contributed by atoms with Crippen LogP contribution in [0.2, 0.25) is 0 Å². The highest BCUT2D eigenvalue weighted by atomic mass is 79.9. The lowest BCUT2D eigenvalue weighted by Crippen LogP contribution is -2.02. The summed E-state index contributed by atoms with van der Waals surface area (Å²) in [5.41, 5.74) is -0.779. The van der Waals surface area contributed by atoms with Gasteiger partial charge in [0, 0.05) is 17.7 Å². The van der Waals surface area contributed by atoms with Crippen molar-refractivity contribution in [2.45, 2.75) is 4.83 Å². The molecule has 70 valence electrons. The van der Waals surface area contributed by atoms with Crippen LogP contribution in [0, 0.1) is 10.1 Å². The van der Waals surface area contributed by atoms with Gasteiger partial charge in [-0.1, -0.05) is 12.1 Å². The average Bonchev–Trinajstić information content (AvgIpc) is 2.03. The molecule has 3 nitrogen and oxygen atoms in total. The molecule has 1 rings (SSSR count). The van der Waals surface area contributed by atoms with E-state index in [0.717, 1.165) is 18.2 Å². The minimum atomic E-state index is -3.22. The molecule has 0 heterocycles. The highest BCUT2D eigenvalue weighted by Gasteiger charge is 2.28. The van der Waals surface area contributed by atoms with Crippen molar-refractivity contribution in [2.75, 3.05) is 0 Å².